The molecule has 0 aliphatic carbocycles. The number of hydrogen-bond acceptors (Lipinski definition) is 3. The fourth-order valence-electron chi connectivity index (χ4n) is 4.03. The third kappa shape index (κ3) is 4.88. The molecule has 5 heteroatoms. The lowest BCUT2D eigenvalue weighted by Gasteiger charge is -2.18. The maximum Gasteiger partial charge on any atom is 0.328 e. The Labute approximate surface area is 193 Å². The summed E-state index contributed by atoms with van der Waals surface area (Å²) in [5, 5.41) is 17.2. The van der Waals surface area contributed by atoms with Gasteiger partial charge in [0.25, 0.3) is 0 Å². The Kier molecular flexibility index (Phi) is 6.41. The standard InChI is InChI=1S/C28H27N3O2/c1-4-25(20-10-13-24(14-11-20)31(2)3)28(22-12-15-26-23(17-22)18-29-30-26)21-8-5-19(6-9-21)7-16-27(32)33/h5-18H,4H2,1-3H3,(H,29,30)(H,32,33). The van der Waals surface area contributed by atoms with E-state index in [9.17, 15) is 4.79 Å². The van der Waals surface area contributed by atoms with E-state index < -0.39 is 5.97 Å². The third-order valence-electron chi connectivity index (χ3n) is 5.73. The van der Waals surface area contributed by atoms with Gasteiger partial charge in [-0.3, -0.25) is 5.10 Å². The number of aliphatic carboxylic acids is 1. The number of H-pyrrole nitrogens is 1. The van der Waals surface area contributed by atoms with E-state index in [4.69, 9.17) is 5.11 Å². The van der Waals surface area contributed by atoms with Gasteiger partial charge >= 0.3 is 5.97 Å². The molecule has 0 saturated carbocycles. The number of carboxylic acids is 1. The van der Waals surface area contributed by atoms with Crippen LogP contribution >= 0.6 is 0 Å². The minimum atomic E-state index is -0.956. The first kappa shape index (κ1) is 22.1. The molecule has 0 aliphatic heterocycles. The van der Waals surface area contributed by atoms with Crippen LogP contribution < -0.4 is 4.90 Å². The van der Waals surface area contributed by atoms with E-state index in [1.165, 1.54) is 11.1 Å². The highest BCUT2D eigenvalue weighted by atomic mass is 16.4. The number of fused-ring (bicyclic) bond motifs is 1. The fraction of sp³-hybridized carbons (Fsp3) is 0.143. The Morgan fingerprint density at radius 2 is 1.64 bits per heavy atom. The van der Waals surface area contributed by atoms with Gasteiger partial charge in [0.05, 0.1) is 11.7 Å². The van der Waals surface area contributed by atoms with E-state index in [1.54, 1.807) is 6.08 Å². The SMILES string of the molecule is CCC(=C(c1ccc(C=CC(=O)O)cc1)c1ccc2[nH]ncc2c1)c1ccc(N(C)C)cc1. The number of anilines is 1. The average Bonchev–Trinajstić information content (AvgIpc) is 3.29. The number of aromatic amines is 1. The van der Waals surface area contributed by atoms with Crippen LogP contribution in [0.1, 0.15) is 35.6 Å². The van der Waals surface area contributed by atoms with Crippen LogP contribution in [-0.4, -0.2) is 35.4 Å². The first-order valence-corrected chi connectivity index (χ1v) is 10.9. The molecule has 0 saturated heterocycles. The second-order valence-electron chi connectivity index (χ2n) is 8.11. The number of nitrogens with one attached hydrogen (secondary N) is 1. The van der Waals surface area contributed by atoms with Gasteiger partial charge in [-0.2, -0.15) is 5.10 Å². The summed E-state index contributed by atoms with van der Waals surface area (Å²) in [5.74, 6) is -0.956. The molecule has 2 N–H and O–H groups in total. The van der Waals surface area contributed by atoms with Gasteiger partial charge in [-0.1, -0.05) is 49.4 Å². The lowest BCUT2D eigenvalue weighted by atomic mass is 9.87. The van der Waals surface area contributed by atoms with E-state index in [2.05, 4.69) is 76.6 Å². The van der Waals surface area contributed by atoms with Crippen LogP contribution in [0.3, 0.4) is 0 Å². The Morgan fingerprint density at radius 3 is 2.27 bits per heavy atom. The van der Waals surface area contributed by atoms with Crippen LogP contribution in [0, 0.1) is 0 Å². The van der Waals surface area contributed by atoms with Gasteiger partial charge in [0.15, 0.2) is 0 Å². The molecule has 1 heterocycles. The minimum Gasteiger partial charge on any atom is -0.478 e. The zero-order valence-electron chi connectivity index (χ0n) is 19.0. The molecule has 0 radical (unpaired) electrons. The molecular weight excluding hydrogens is 410 g/mol. The van der Waals surface area contributed by atoms with Gasteiger partial charge in [-0.15, -0.1) is 0 Å². The largest absolute Gasteiger partial charge is 0.478 e. The summed E-state index contributed by atoms with van der Waals surface area (Å²) in [6.45, 7) is 2.18. The molecule has 0 atom stereocenters. The Bertz CT molecular complexity index is 1330. The first-order chi connectivity index (χ1) is 16.0. The molecule has 0 unspecified atom stereocenters. The van der Waals surface area contributed by atoms with Crippen LogP contribution in [-0.2, 0) is 4.79 Å². The number of carboxylic acid groups (broad SMARTS) is 1. The highest BCUT2D eigenvalue weighted by Gasteiger charge is 2.14. The lowest BCUT2D eigenvalue weighted by molar-refractivity contribution is -0.131. The fourth-order valence-corrected chi connectivity index (χ4v) is 4.03. The molecule has 3 aromatic carbocycles. The average molecular weight is 438 g/mol. The van der Waals surface area contributed by atoms with Crippen molar-refractivity contribution in [3.63, 3.8) is 0 Å². The molecule has 1 aromatic heterocycles. The summed E-state index contributed by atoms with van der Waals surface area (Å²) in [7, 11) is 4.08. The maximum absolute atomic E-state index is 10.9. The molecule has 0 fully saturated rings. The zero-order valence-corrected chi connectivity index (χ0v) is 19.0. The minimum absolute atomic E-state index is 0.846. The van der Waals surface area contributed by atoms with Crippen molar-refractivity contribution >= 4 is 39.8 Å². The van der Waals surface area contributed by atoms with E-state index in [1.807, 2.05) is 32.4 Å². The van der Waals surface area contributed by atoms with Crippen molar-refractivity contribution < 1.29 is 9.90 Å². The Hall–Kier alpha value is -4.12. The molecule has 0 amide bonds. The summed E-state index contributed by atoms with van der Waals surface area (Å²) in [6.07, 6.45) is 5.46. The second kappa shape index (κ2) is 9.57. The first-order valence-electron chi connectivity index (χ1n) is 10.9. The van der Waals surface area contributed by atoms with E-state index in [0.717, 1.165) is 51.4 Å². The van der Waals surface area contributed by atoms with Gasteiger partial charge in [0.2, 0.25) is 0 Å². The highest BCUT2D eigenvalue weighted by molar-refractivity contribution is 6.00. The van der Waals surface area contributed by atoms with Gasteiger partial charge in [0.1, 0.15) is 0 Å². The van der Waals surface area contributed by atoms with Crippen LogP contribution in [0.5, 0.6) is 0 Å². The number of nitrogens with zero attached hydrogens (tertiary/aromatic N) is 2. The van der Waals surface area contributed by atoms with Crippen LogP contribution in [0.25, 0.3) is 28.1 Å². The van der Waals surface area contributed by atoms with Crippen molar-refractivity contribution in [2.45, 2.75) is 13.3 Å². The van der Waals surface area contributed by atoms with Crippen molar-refractivity contribution in [2.75, 3.05) is 19.0 Å². The number of rotatable bonds is 7. The molecule has 0 bridgehead atoms. The Balaban J connectivity index is 1.88. The van der Waals surface area contributed by atoms with Crippen molar-refractivity contribution in [3.05, 3.63) is 101 Å². The number of benzene rings is 3. The number of hydrogen-bond donors (Lipinski definition) is 2. The molecular formula is C28H27N3O2. The summed E-state index contributed by atoms with van der Waals surface area (Å²) in [4.78, 5) is 13.0. The topological polar surface area (TPSA) is 69.2 Å². The normalized spacial score (nSPS) is 12.2. The van der Waals surface area contributed by atoms with Crippen molar-refractivity contribution in [2.24, 2.45) is 0 Å². The Morgan fingerprint density at radius 1 is 0.970 bits per heavy atom. The van der Waals surface area contributed by atoms with Crippen molar-refractivity contribution in [3.8, 4) is 0 Å². The van der Waals surface area contributed by atoms with E-state index in [0.29, 0.717) is 0 Å². The van der Waals surface area contributed by atoms with Gasteiger partial charge < -0.3 is 10.0 Å². The van der Waals surface area contributed by atoms with Crippen molar-refractivity contribution in [1.29, 1.82) is 0 Å². The van der Waals surface area contributed by atoms with E-state index in [-0.39, 0.29) is 0 Å². The summed E-state index contributed by atoms with van der Waals surface area (Å²) >= 11 is 0. The summed E-state index contributed by atoms with van der Waals surface area (Å²) in [5.41, 5.74) is 8.79. The highest BCUT2D eigenvalue weighted by Crippen LogP contribution is 2.36. The number of aromatic nitrogens is 2. The quantitative estimate of drug-likeness (QED) is 0.271. The zero-order chi connectivity index (χ0) is 23.4. The number of carbonyl (C=O) groups is 1. The molecule has 4 aromatic rings. The predicted octanol–water partition coefficient (Wildman–Crippen LogP) is 6.10. The third-order valence-corrected chi connectivity index (χ3v) is 5.73. The van der Waals surface area contributed by atoms with Crippen LogP contribution in [0.15, 0.2) is 79.0 Å². The summed E-state index contributed by atoms with van der Waals surface area (Å²) < 4.78 is 0. The summed E-state index contributed by atoms with van der Waals surface area (Å²) in [6, 6.07) is 23.0. The van der Waals surface area contributed by atoms with Crippen LogP contribution in [0.4, 0.5) is 5.69 Å². The molecule has 0 aliphatic rings. The molecule has 33 heavy (non-hydrogen) atoms. The number of allylic oxidation sites excluding steroid dienone is 1. The second-order valence-corrected chi connectivity index (χ2v) is 8.11. The van der Waals surface area contributed by atoms with Crippen molar-refractivity contribution in [1.82, 2.24) is 10.2 Å². The van der Waals surface area contributed by atoms with Gasteiger partial charge in [-0.25, -0.2) is 4.79 Å². The van der Waals surface area contributed by atoms with Gasteiger partial charge in [0, 0.05) is 31.2 Å². The van der Waals surface area contributed by atoms with E-state index >= 15 is 0 Å². The molecule has 166 valence electrons. The maximum atomic E-state index is 10.9. The predicted molar refractivity (Wildman–Crippen MR) is 136 cm³/mol. The molecule has 4 rings (SSSR count). The van der Waals surface area contributed by atoms with Gasteiger partial charge in [-0.05, 0) is 70.2 Å². The molecule has 5 nitrogen and oxygen atoms in total. The van der Waals surface area contributed by atoms with Crippen LogP contribution in [0.2, 0.25) is 0 Å². The monoisotopic (exact) mass is 437 g/mol. The lowest BCUT2D eigenvalue weighted by Crippen LogP contribution is -2.08. The molecule has 0 spiro atoms. The smallest absolute Gasteiger partial charge is 0.328 e.